The number of nitrogens with zero attached hydrogens (tertiary/aromatic N) is 3. The van der Waals surface area contributed by atoms with E-state index in [1.165, 1.54) is 17.8 Å². The molecule has 0 saturated heterocycles. The highest BCUT2D eigenvalue weighted by Crippen LogP contribution is 2.22. The molecule has 0 unspecified atom stereocenters. The summed E-state index contributed by atoms with van der Waals surface area (Å²) in [5.41, 5.74) is 3.62. The Hall–Kier alpha value is -4.20. The molecule has 0 spiro atoms. The predicted molar refractivity (Wildman–Crippen MR) is 115 cm³/mol. The van der Waals surface area contributed by atoms with Crippen LogP contribution in [-0.2, 0) is 0 Å². The van der Waals surface area contributed by atoms with Crippen molar-refractivity contribution >= 4 is 34.6 Å². The van der Waals surface area contributed by atoms with Gasteiger partial charge in [-0.05, 0) is 50.2 Å². The summed E-state index contributed by atoms with van der Waals surface area (Å²) in [5.74, 6) is 1.81. The van der Waals surface area contributed by atoms with E-state index in [0.717, 1.165) is 11.4 Å². The molecule has 150 valence electrons. The molecule has 0 saturated carbocycles. The molecule has 0 aliphatic heterocycles. The van der Waals surface area contributed by atoms with Crippen molar-refractivity contribution in [3.8, 4) is 0 Å². The number of benzene rings is 2. The number of anilines is 5. The number of aromatic nitrogens is 3. The van der Waals surface area contributed by atoms with E-state index in [2.05, 4.69) is 31.1 Å². The highest BCUT2D eigenvalue weighted by atomic mass is 16.5. The van der Waals surface area contributed by atoms with Crippen molar-refractivity contribution in [1.82, 2.24) is 15.1 Å². The predicted octanol–water partition coefficient (Wildman–Crippen LogP) is 4.82. The molecule has 2 aromatic heterocycles. The number of hydrogen-bond donors (Lipinski definition) is 3. The first-order valence-corrected chi connectivity index (χ1v) is 9.34. The first kappa shape index (κ1) is 19.1. The van der Waals surface area contributed by atoms with Gasteiger partial charge in [-0.15, -0.1) is 0 Å². The van der Waals surface area contributed by atoms with Crippen molar-refractivity contribution in [3.63, 3.8) is 0 Å². The van der Waals surface area contributed by atoms with E-state index in [1.54, 1.807) is 12.1 Å². The normalized spacial score (nSPS) is 10.5. The number of rotatable bonds is 6. The van der Waals surface area contributed by atoms with E-state index in [4.69, 9.17) is 4.52 Å². The van der Waals surface area contributed by atoms with Gasteiger partial charge < -0.3 is 20.5 Å². The minimum Gasteiger partial charge on any atom is -0.351 e. The quantitative estimate of drug-likeness (QED) is 0.426. The Kier molecular flexibility index (Phi) is 5.38. The van der Waals surface area contributed by atoms with Gasteiger partial charge in [0.1, 0.15) is 17.5 Å². The fourth-order valence-corrected chi connectivity index (χ4v) is 2.79. The number of aryl methyl sites for hydroxylation is 2. The van der Waals surface area contributed by atoms with Gasteiger partial charge in [0.15, 0.2) is 0 Å². The Morgan fingerprint density at radius 2 is 1.37 bits per heavy atom. The number of hydrogen-bond acceptors (Lipinski definition) is 7. The minimum absolute atomic E-state index is 0.155. The van der Waals surface area contributed by atoms with E-state index in [0.29, 0.717) is 23.1 Å². The molecule has 8 heteroatoms. The molecule has 3 N–H and O–H groups in total. The van der Waals surface area contributed by atoms with Crippen molar-refractivity contribution in [1.29, 1.82) is 0 Å². The lowest BCUT2D eigenvalue weighted by Crippen LogP contribution is -2.10. The maximum atomic E-state index is 12.0. The van der Waals surface area contributed by atoms with Crippen molar-refractivity contribution < 1.29 is 9.32 Å². The van der Waals surface area contributed by atoms with Crippen molar-refractivity contribution in [3.05, 3.63) is 84.0 Å². The fourth-order valence-electron chi connectivity index (χ4n) is 2.79. The molecule has 4 aromatic rings. The molecule has 30 heavy (non-hydrogen) atoms. The summed E-state index contributed by atoms with van der Waals surface area (Å²) < 4.78 is 4.85. The molecule has 0 fully saturated rings. The summed E-state index contributed by atoms with van der Waals surface area (Å²) in [6.45, 7) is 3.89. The summed E-state index contributed by atoms with van der Waals surface area (Å²) in [6, 6.07) is 18.7. The lowest BCUT2D eigenvalue weighted by atomic mass is 10.2. The molecule has 0 bridgehead atoms. The van der Waals surface area contributed by atoms with E-state index >= 15 is 0 Å². The third-order valence-corrected chi connectivity index (χ3v) is 4.24. The Morgan fingerprint density at radius 1 is 0.800 bits per heavy atom. The molecule has 0 atom stereocenters. The smallest absolute Gasteiger partial charge is 0.294 e. The summed E-state index contributed by atoms with van der Waals surface area (Å²) in [7, 11) is 0. The third kappa shape index (κ3) is 4.79. The van der Waals surface area contributed by atoms with Crippen LogP contribution in [0.4, 0.5) is 28.7 Å². The van der Waals surface area contributed by atoms with Gasteiger partial charge in [-0.3, -0.25) is 4.79 Å². The second kappa shape index (κ2) is 8.44. The van der Waals surface area contributed by atoms with Crippen LogP contribution in [0.3, 0.4) is 0 Å². The van der Waals surface area contributed by atoms with Crippen LogP contribution in [0.25, 0.3) is 0 Å². The van der Waals surface area contributed by atoms with Gasteiger partial charge in [-0.2, -0.15) is 0 Å². The number of carbonyl (C=O) groups is 1. The third-order valence-electron chi connectivity index (χ3n) is 4.24. The van der Waals surface area contributed by atoms with Gasteiger partial charge in [-0.1, -0.05) is 22.9 Å². The minimum atomic E-state index is -0.355. The van der Waals surface area contributed by atoms with Crippen molar-refractivity contribution in [2.24, 2.45) is 0 Å². The lowest BCUT2D eigenvalue weighted by molar-refractivity contribution is 0.0988. The second-order valence-corrected chi connectivity index (χ2v) is 6.71. The largest absolute Gasteiger partial charge is 0.351 e. The van der Waals surface area contributed by atoms with Crippen LogP contribution in [0.2, 0.25) is 0 Å². The average Bonchev–Trinajstić information content (AvgIpc) is 3.26. The molecule has 0 aliphatic carbocycles. The zero-order chi connectivity index (χ0) is 20.9. The number of amides is 1. The zero-order valence-corrected chi connectivity index (χ0v) is 16.5. The van der Waals surface area contributed by atoms with Gasteiger partial charge in [0.25, 0.3) is 5.91 Å². The van der Waals surface area contributed by atoms with Gasteiger partial charge >= 0.3 is 0 Å². The Labute approximate surface area is 173 Å². The zero-order valence-electron chi connectivity index (χ0n) is 16.5. The van der Waals surface area contributed by atoms with Crippen molar-refractivity contribution in [2.45, 2.75) is 13.8 Å². The van der Waals surface area contributed by atoms with E-state index in [9.17, 15) is 4.79 Å². The Morgan fingerprint density at radius 3 is 1.93 bits per heavy atom. The monoisotopic (exact) mass is 400 g/mol. The highest BCUT2D eigenvalue weighted by Gasteiger charge is 2.10. The standard InChI is InChI=1S/C22H20N6O2/c1-14-3-5-16(6-4-14)26-20-13-21(25-15(2)24-20)27-17-7-9-18(10-8-17)28-22(29)19-11-12-23-30-19/h3-13H,1-2H3,(H,28,29)(H2,24,25,26,27). The van der Waals surface area contributed by atoms with Gasteiger partial charge in [0, 0.05) is 29.2 Å². The number of carbonyl (C=O) groups excluding carboxylic acids is 1. The summed E-state index contributed by atoms with van der Waals surface area (Å²) in [6.07, 6.45) is 1.42. The second-order valence-electron chi connectivity index (χ2n) is 6.71. The Bertz CT molecular complexity index is 1140. The lowest BCUT2D eigenvalue weighted by Gasteiger charge is -2.11. The molecule has 2 heterocycles. The maximum absolute atomic E-state index is 12.0. The average molecular weight is 400 g/mol. The van der Waals surface area contributed by atoms with E-state index < -0.39 is 0 Å². The highest BCUT2D eigenvalue weighted by molar-refractivity contribution is 6.02. The first-order valence-electron chi connectivity index (χ1n) is 9.34. The van der Waals surface area contributed by atoms with Gasteiger partial charge in [-0.25, -0.2) is 9.97 Å². The topological polar surface area (TPSA) is 105 Å². The van der Waals surface area contributed by atoms with Crippen LogP contribution in [0.15, 0.2) is 71.4 Å². The molecule has 2 aromatic carbocycles. The molecular weight excluding hydrogens is 380 g/mol. The summed E-state index contributed by atoms with van der Waals surface area (Å²) in [5, 5.41) is 12.8. The van der Waals surface area contributed by atoms with Crippen LogP contribution in [-0.4, -0.2) is 21.0 Å². The Balaban J connectivity index is 1.44. The summed E-state index contributed by atoms with van der Waals surface area (Å²) >= 11 is 0. The molecule has 8 nitrogen and oxygen atoms in total. The van der Waals surface area contributed by atoms with E-state index in [1.807, 2.05) is 56.3 Å². The summed E-state index contributed by atoms with van der Waals surface area (Å²) in [4.78, 5) is 20.9. The van der Waals surface area contributed by atoms with Crippen LogP contribution in [0, 0.1) is 13.8 Å². The number of nitrogens with one attached hydrogen (secondary N) is 3. The molecular formula is C22H20N6O2. The van der Waals surface area contributed by atoms with Crippen LogP contribution in [0.5, 0.6) is 0 Å². The maximum Gasteiger partial charge on any atom is 0.294 e. The van der Waals surface area contributed by atoms with E-state index in [-0.39, 0.29) is 11.7 Å². The molecule has 4 rings (SSSR count). The van der Waals surface area contributed by atoms with Gasteiger partial charge in [0.05, 0.1) is 6.20 Å². The van der Waals surface area contributed by atoms with Gasteiger partial charge in [0.2, 0.25) is 5.76 Å². The molecule has 0 aliphatic rings. The van der Waals surface area contributed by atoms with Crippen LogP contribution < -0.4 is 16.0 Å². The first-order chi connectivity index (χ1) is 14.5. The van der Waals surface area contributed by atoms with Crippen molar-refractivity contribution in [2.75, 3.05) is 16.0 Å². The fraction of sp³-hybridized carbons (Fsp3) is 0.0909. The van der Waals surface area contributed by atoms with Crippen LogP contribution in [0.1, 0.15) is 21.9 Å². The molecule has 0 radical (unpaired) electrons. The van der Waals surface area contributed by atoms with Crippen LogP contribution >= 0.6 is 0 Å². The molecule has 1 amide bonds. The SMILES string of the molecule is Cc1ccc(Nc2cc(Nc3ccc(NC(=O)c4ccno4)cc3)nc(C)n2)cc1.